The summed E-state index contributed by atoms with van der Waals surface area (Å²) in [5.74, 6) is 0. The molecule has 0 unspecified atom stereocenters. The smallest absolute Gasteiger partial charge is 0.310 e. The first-order valence-corrected chi connectivity index (χ1v) is 6.91. The molecule has 2 nitrogen and oxygen atoms in total. The first-order valence-electron chi connectivity index (χ1n) is 6.91. The first kappa shape index (κ1) is 17.0. The number of nitrogens with one attached hydrogen (secondary N) is 1. The second-order valence-corrected chi connectivity index (χ2v) is 5.22. The molecule has 0 atom stereocenters. The average Bonchev–Trinajstić information content (AvgIpc) is 2.35. The van der Waals surface area contributed by atoms with E-state index in [0.29, 0.717) is 25.7 Å². The zero-order valence-corrected chi connectivity index (χ0v) is 12.3. The summed E-state index contributed by atoms with van der Waals surface area (Å²) in [4.78, 5) is 1.41. The van der Waals surface area contributed by atoms with E-state index in [-0.39, 0.29) is 0 Å². The van der Waals surface area contributed by atoms with E-state index >= 15 is 0 Å². The Labute approximate surface area is 119 Å². The lowest BCUT2D eigenvalue weighted by molar-refractivity contribution is -0.146. The second-order valence-electron chi connectivity index (χ2n) is 5.22. The number of nitrogens with zero attached hydrogens (tertiary/aromatic N) is 1. The quantitative estimate of drug-likeness (QED) is 0.825. The van der Waals surface area contributed by atoms with Crippen LogP contribution in [0.4, 0.5) is 13.2 Å². The molecule has 1 N–H and O–H groups in total. The van der Waals surface area contributed by atoms with Crippen molar-refractivity contribution >= 4 is 0 Å². The highest BCUT2D eigenvalue weighted by Gasteiger charge is 2.30. The van der Waals surface area contributed by atoms with Gasteiger partial charge in [0.2, 0.25) is 0 Å². The third-order valence-electron chi connectivity index (χ3n) is 3.06. The molecule has 0 radical (unpaired) electrons. The molecule has 1 aromatic carbocycles. The van der Waals surface area contributed by atoms with E-state index in [9.17, 15) is 13.2 Å². The summed E-state index contributed by atoms with van der Waals surface area (Å²) >= 11 is 0. The standard InChI is InChI=1S/C15H23F3N2/c1-4-20(11-15(16,17)18)10-14-8-6-5-7-13(14)9-19-12(2)3/h5-8,12,19H,4,9-11H2,1-3H3. The molecule has 0 aliphatic rings. The van der Waals surface area contributed by atoms with Gasteiger partial charge in [-0.1, -0.05) is 45.0 Å². The molecule has 1 rings (SSSR count). The number of hydrogen-bond acceptors (Lipinski definition) is 2. The first-order chi connectivity index (χ1) is 9.31. The van der Waals surface area contributed by atoms with E-state index in [1.54, 1.807) is 6.92 Å². The summed E-state index contributed by atoms with van der Waals surface area (Å²) in [5.41, 5.74) is 2.01. The van der Waals surface area contributed by atoms with Crippen LogP contribution in [0.25, 0.3) is 0 Å². The summed E-state index contributed by atoms with van der Waals surface area (Å²) in [6, 6.07) is 8.00. The van der Waals surface area contributed by atoms with Gasteiger partial charge < -0.3 is 5.32 Å². The molecule has 0 heterocycles. The molecule has 0 saturated heterocycles. The monoisotopic (exact) mass is 288 g/mol. The van der Waals surface area contributed by atoms with Crippen LogP contribution in [-0.4, -0.2) is 30.2 Å². The molecule has 5 heteroatoms. The number of hydrogen-bond donors (Lipinski definition) is 1. The van der Waals surface area contributed by atoms with Crippen molar-refractivity contribution in [1.82, 2.24) is 10.2 Å². The molecular weight excluding hydrogens is 265 g/mol. The van der Waals surface area contributed by atoms with Gasteiger partial charge in [-0.2, -0.15) is 13.2 Å². The van der Waals surface area contributed by atoms with Crippen LogP contribution in [0.15, 0.2) is 24.3 Å². The van der Waals surface area contributed by atoms with Gasteiger partial charge in [0.15, 0.2) is 0 Å². The highest BCUT2D eigenvalue weighted by molar-refractivity contribution is 5.27. The molecule has 1 aromatic rings. The average molecular weight is 288 g/mol. The van der Waals surface area contributed by atoms with Crippen molar-refractivity contribution < 1.29 is 13.2 Å². The van der Waals surface area contributed by atoms with Crippen molar-refractivity contribution in [3.05, 3.63) is 35.4 Å². The van der Waals surface area contributed by atoms with Crippen molar-refractivity contribution in [1.29, 1.82) is 0 Å². The van der Waals surface area contributed by atoms with Crippen LogP contribution in [0, 0.1) is 0 Å². The summed E-state index contributed by atoms with van der Waals surface area (Å²) < 4.78 is 37.5. The fraction of sp³-hybridized carbons (Fsp3) is 0.600. The van der Waals surface area contributed by atoms with Crippen LogP contribution < -0.4 is 5.32 Å². The van der Waals surface area contributed by atoms with Crippen LogP contribution in [-0.2, 0) is 13.1 Å². The Bertz CT molecular complexity index is 402. The minimum absolute atomic E-state index is 0.325. The normalized spacial score (nSPS) is 12.4. The van der Waals surface area contributed by atoms with Crippen molar-refractivity contribution in [2.45, 2.75) is 46.1 Å². The van der Waals surface area contributed by atoms with Gasteiger partial charge in [-0.3, -0.25) is 4.90 Å². The van der Waals surface area contributed by atoms with E-state index in [4.69, 9.17) is 0 Å². The van der Waals surface area contributed by atoms with Crippen LogP contribution in [0.2, 0.25) is 0 Å². The van der Waals surface area contributed by atoms with E-state index < -0.39 is 12.7 Å². The van der Waals surface area contributed by atoms with Gasteiger partial charge in [-0.25, -0.2) is 0 Å². The van der Waals surface area contributed by atoms with Crippen molar-refractivity contribution in [3.8, 4) is 0 Å². The maximum absolute atomic E-state index is 12.5. The topological polar surface area (TPSA) is 15.3 Å². The van der Waals surface area contributed by atoms with Crippen molar-refractivity contribution in [2.75, 3.05) is 13.1 Å². The van der Waals surface area contributed by atoms with Crippen molar-refractivity contribution in [2.24, 2.45) is 0 Å². The molecule has 0 amide bonds. The Kier molecular flexibility index (Phi) is 6.49. The maximum atomic E-state index is 12.5. The number of alkyl halides is 3. The molecule has 0 aliphatic carbocycles. The Balaban J connectivity index is 2.74. The molecule has 0 saturated carbocycles. The van der Waals surface area contributed by atoms with Gasteiger partial charge in [0.25, 0.3) is 0 Å². The Morgan fingerprint density at radius 3 is 2.25 bits per heavy atom. The number of benzene rings is 1. The van der Waals surface area contributed by atoms with Crippen molar-refractivity contribution in [3.63, 3.8) is 0 Å². The van der Waals surface area contributed by atoms with Crippen LogP contribution in [0.5, 0.6) is 0 Å². The van der Waals surface area contributed by atoms with Gasteiger partial charge in [0.1, 0.15) is 0 Å². The highest BCUT2D eigenvalue weighted by atomic mass is 19.4. The molecule has 0 aromatic heterocycles. The molecule has 20 heavy (non-hydrogen) atoms. The molecule has 0 spiro atoms. The van der Waals surface area contributed by atoms with Crippen LogP contribution in [0.3, 0.4) is 0 Å². The maximum Gasteiger partial charge on any atom is 0.401 e. The predicted molar refractivity (Wildman–Crippen MR) is 75.4 cm³/mol. The number of halogens is 3. The molecule has 0 fully saturated rings. The van der Waals surface area contributed by atoms with Gasteiger partial charge >= 0.3 is 6.18 Å². The summed E-state index contributed by atoms with van der Waals surface area (Å²) in [6.45, 7) is 6.36. The minimum Gasteiger partial charge on any atom is -0.310 e. The van der Waals surface area contributed by atoms with Crippen LogP contribution >= 0.6 is 0 Å². The lowest BCUT2D eigenvalue weighted by Crippen LogP contribution is -2.34. The van der Waals surface area contributed by atoms with E-state index in [2.05, 4.69) is 5.32 Å². The molecular formula is C15H23F3N2. The predicted octanol–water partition coefficient (Wildman–Crippen LogP) is 3.57. The van der Waals surface area contributed by atoms with Gasteiger partial charge in [-0.15, -0.1) is 0 Å². The molecule has 0 aliphatic heterocycles. The summed E-state index contributed by atoms with van der Waals surface area (Å²) in [6.07, 6.45) is -4.15. The minimum atomic E-state index is -4.15. The third kappa shape index (κ3) is 6.39. The SMILES string of the molecule is CCN(Cc1ccccc1CNC(C)C)CC(F)(F)F. The summed E-state index contributed by atoms with van der Waals surface area (Å²) in [5, 5.41) is 3.30. The van der Waals surface area contributed by atoms with Crippen LogP contribution in [0.1, 0.15) is 31.9 Å². The molecule has 114 valence electrons. The third-order valence-corrected chi connectivity index (χ3v) is 3.06. The Morgan fingerprint density at radius 2 is 1.75 bits per heavy atom. The Hall–Kier alpha value is -1.07. The molecule has 0 bridgehead atoms. The lowest BCUT2D eigenvalue weighted by Gasteiger charge is -2.23. The largest absolute Gasteiger partial charge is 0.401 e. The van der Waals surface area contributed by atoms with E-state index in [0.717, 1.165) is 11.1 Å². The fourth-order valence-corrected chi connectivity index (χ4v) is 1.97. The fourth-order valence-electron chi connectivity index (χ4n) is 1.97. The second kappa shape index (κ2) is 7.64. The zero-order valence-electron chi connectivity index (χ0n) is 12.3. The van der Waals surface area contributed by atoms with Gasteiger partial charge in [0, 0.05) is 19.1 Å². The Morgan fingerprint density at radius 1 is 1.15 bits per heavy atom. The van der Waals surface area contributed by atoms with E-state index in [1.807, 2.05) is 38.1 Å². The van der Waals surface area contributed by atoms with Gasteiger partial charge in [-0.05, 0) is 17.7 Å². The van der Waals surface area contributed by atoms with E-state index in [1.165, 1.54) is 4.90 Å². The lowest BCUT2D eigenvalue weighted by atomic mass is 10.1. The number of rotatable bonds is 7. The zero-order chi connectivity index (χ0) is 15.2. The van der Waals surface area contributed by atoms with Gasteiger partial charge in [0.05, 0.1) is 6.54 Å². The highest BCUT2D eigenvalue weighted by Crippen LogP contribution is 2.19. The summed E-state index contributed by atoms with van der Waals surface area (Å²) in [7, 11) is 0.